The van der Waals surface area contributed by atoms with E-state index in [-0.39, 0.29) is 24.3 Å². The number of nitrogens with zero attached hydrogens (tertiary/aromatic N) is 1. The van der Waals surface area contributed by atoms with Gasteiger partial charge in [-0.25, -0.2) is 0 Å². The van der Waals surface area contributed by atoms with Crippen LogP contribution < -0.4 is 15.4 Å². The minimum Gasteiger partial charge on any atom is -0.478 e. The Hall–Kier alpha value is -2.57. The molecular weight excluding hydrogens is 390 g/mol. The van der Waals surface area contributed by atoms with Crippen LogP contribution in [0.4, 0.5) is 5.69 Å². The SMILES string of the molecule is O=C(C[C@@H]1Oc2ccccc2NC1=O)NC1CCN(Cc2ccc(Cl)cc2)CC1. The first-order valence-electron chi connectivity index (χ1n) is 9.89. The summed E-state index contributed by atoms with van der Waals surface area (Å²) in [7, 11) is 0. The average Bonchev–Trinajstić information content (AvgIpc) is 2.72. The summed E-state index contributed by atoms with van der Waals surface area (Å²) < 4.78 is 5.71. The number of carbonyl (C=O) groups is 2. The van der Waals surface area contributed by atoms with Crippen molar-refractivity contribution in [2.75, 3.05) is 18.4 Å². The highest BCUT2D eigenvalue weighted by atomic mass is 35.5. The first-order chi connectivity index (χ1) is 14.1. The molecule has 1 saturated heterocycles. The molecule has 0 spiro atoms. The summed E-state index contributed by atoms with van der Waals surface area (Å²) in [5.41, 5.74) is 1.87. The molecule has 2 heterocycles. The number of piperidine rings is 1. The normalized spacial score (nSPS) is 19.8. The predicted octanol–water partition coefficient (Wildman–Crippen LogP) is 3.21. The first-order valence-corrected chi connectivity index (χ1v) is 10.3. The molecule has 2 amide bonds. The topological polar surface area (TPSA) is 70.7 Å². The van der Waals surface area contributed by atoms with Crippen molar-refractivity contribution in [2.24, 2.45) is 0 Å². The molecule has 2 aromatic rings. The maximum absolute atomic E-state index is 12.4. The Labute approximate surface area is 175 Å². The van der Waals surface area contributed by atoms with Gasteiger partial charge in [0.2, 0.25) is 5.91 Å². The minimum absolute atomic E-state index is 0.0190. The van der Waals surface area contributed by atoms with Crippen molar-refractivity contribution in [3.05, 3.63) is 59.1 Å². The van der Waals surface area contributed by atoms with Gasteiger partial charge in [0.1, 0.15) is 5.75 Å². The number of amides is 2. The van der Waals surface area contributed by atoms with Gasteiger partial charge in [0.25, 0.3) is 5.91 Å². The van der Waals surface area contributed by atoms with Crippen LogP contribution in [-0.4, -0.2) is 41.9 Å². The van der Waals surface area contributed by atoms with Gasteiger partial charge >= 0.3 is 0 Å². The van der Waals surface area contributed by atoms with Crippen LogP contribution in [0.15, 0.2) is 48.5 Å². The van der Waals surface area contributed by atoms with Crippen molar-refractivity contribution in [1.29, 1.82) is 0 Å². The summed E-state index contributed by atoms with van der Waals surface area (Å²) in [6.45, 7) is 2.72. The summed E-state index contributed by atoms with van der Waals surface area (Å²) in [6, 6.07) is 15.3. The number of carbonyl (C=O) groups excluding carboxylic acids is 2. The third-order valence-corrected chi connectivity index (χ3v) is 5.60. The van der Waals surface area contributed by atoms with Gasteiger partial charge in [-0.1, -0.05) is 35.9 Å². The first kappa shape index (κ1) is 19.7. The lowest BCUT2D eigenvalue weighted by Crippen LogP contribution is -2.47. The van der Waals surface area contributed by atoms with Crippen LogP contribution >= 0.6 is 11.6 Å². The van der Waals surface area contributed by atoms with Gasteiger partial charge in [-0.05, 0) is 42.7 Å². The smallest absolute Gasteiger partial charge is 0.266 e. The van der Waals surface area contributed by atoms with E-state index in [2.05, 4.69) is 15.5 Å². The van der Waals surface area contributed by atoms with Crippen LogP contribution in [0, 0.1) is 0 Å². The second-order valence-corrected chi connectivity index (χ2v) is 7.98. The third-order valence-electron chi connectivity index (χ3n) is 5.35. The highest BCUT2D eigenvalue weighted by Gasteiger charge is 2.30. The molecule has 2 aromatic carbocycles. The van der Waals surface area contributed by atoms with Crippen LogP contribution in [0.5, 0.6) is 5.75 Å². The predicted molar refractivity (Wildman–Crippen MR) is 112 cm³/mol. The number of likely N-dealkylation sites (tertiary alicyclic amines) is 1. The molecule has 0 aromatic heterocycles. The highest BCUT2D eigenvalue weighted by molar-refractivity contribution is 6.30. The molecule has 0 unspecified atom stereocenters. The van der Waals surface area contributed by atoms with E-state index in [0.717, 1.165) is 37.5 Å². The van der Waals surface area contributed by atoms with Gasteiger partial charge in [-0.2, -0.15) is 0 Å². The molecule has 1 fully saturated rings. The zero-order valence-corrected chi connectivity index (χ0v) is 16.8. The van der Waals surface area contributed by atoms with Gasteiger partial charge in [0, 0.05) is 30.7 Å². The van der Waals surface area contributed by atoms with Crippen LogP contribution in [0.1, 0.15) is 24.8 Å². The molecule has 152 valence electrons. The summed E-state index contributed by atoms with van der Waals surface area (Å²) in [5.74, 6) is 0.165. The molecule has 0 saturated carbocycles. The van der Waals surface area contributed by atoms with Gasteiger partial charge in [-0.15, -0.1) is 0 Å². The molecular formula is C22H24ClN3O3. The average molecular weight is 414 g/mol. The van der Waals surface area contributed by atoms with E-state index in [1.165, 1.54) is 5.56 Å². The second kappa shape index (κ2) is 8.84. The fourth-order valence-electron chi connectivity index (χ4n) is 3.77. The van der Waals surface area contributed by atoms with E-state index in [4.69, 9.17) is 16.3 Å². The highest BCUT2D eigenvalue weighted by Crippen LogP contribution is 2.29. The molecule has 2 N–H and O–H groups in total. The molecule has 4 rings (SSSR count). The van der Waals surface area contributed by atoms with Crippen molar-refractivity contribution in [1.82, 2.24) is 10.2 Å². The Balaban J connectivity index is 1.23. The summed E-state index contributed by atoms with van der Waals surface area (Å²) in [4.78, 5) is 27.0. The molecule has 1 atom stereocenters. The number of hydrogen-bond donors (Lipinski definition) is 2. The van der Waals surface area contributed by atoms with Crippen molar-refractivity contribution in [3.63, 3.8) is 0 Å². The Morgan fingerprint density at radius 2 is 1.86 bits per heavy atom. The molecule has 7 heteroatoms. The summed E-state index contributed by atoms with van der Waals surface area (Å²) >= 11 is 5.94. The molecule has 2 aliphatic rings. The largest absolute Gasteiger partial charge is 0.478 e. The van der Waals surface area contributed by atoms with E-state index in [9.17, 15) is 9.59 Å². The number of nitrogens with one attached hydrogen (secondary N) is 2. The van der Waals surface area contributed by atoms with Gasteiger partial charge in [0.15, 0.2) is 6.10 Å². The minimum atomic E-state index is -0.796. The molecule has 6 nitrogen and oxygen atoms in total. The Bertz CT molecular complexity index is 879. The number of hydrogen-bond acceptors (Lipinski definition) is 4. The number of fused-ring (bicyclic) bond motifs is 1. The lowest BCUT2D eigenvalue weighted by Gasteiger charge is -2.33. The van der Waals surface area contributed by atoms with E-state index >= 15 is 0 Å². The molecule has 0 bridgehead atoms. The lowest BCUT2D eigenvalue weighted by atomic mass is 10.0. The zero-order chi connectivity index (χ0) is 20.2. The van der Waals surface area contributed by atoms with Crippen molar-refractivity contribution in [3.8, 4) is 5.75 Å². The standard InChI is InChI=1S/C22H24ClN3O3/c23-16-7-5-15(6-8-16)14-26-11-9-17(10-12-26)24-21(27)13-20-22(28)25-18-3-1-2-4-19(18)29-20/h1-8,17,20H,9-14H2,(H,24,27)(H,25,28)/t20-/m0/s1. The maximum atomic E-state index is 12.4. The van der Waals surface area contributed by atoms with E-state index in [1.54, 1.807) is 12.1 Å². The fraction of sp³-hybridized carbons (Fsp3) is 0.364. The molecule has 0 radical (unpaired) electrons. The molecule has 29 heavy (non-hydrogen) atoms. The van der Waals surface area contributed by atoms with Crippen LogP contribution in [0.25, 0.3) is 0 Å². The van der Waals surface area contributed by atoms with Crippen LogP contribution in [0.3, 0.4) is 0 Å². The number of ether oxygens (including phenoxy) is 1. The van der Waals surface area contributed by atoms with Crippen LogP contribution in [0.2, 0.25) is 5.02 Å². The Kier molecular flexibility index (Phi) is 6.02. The summed E-state index contributed by atoms with van der Waals surface area (Å²) in [6.07, 6.45) is 1.00. The van der Waals surface area contributed by atoms with E-state index < -0.39 is 6.10 Å². The number of halogens is 1. The molecule has 2 aliphatic heterocycles. The van der Waals surface area contributed by atoms with Crippen molar-refractivity contribution >= 4 is 29.1 Å². The van der Waals surface area contributed by atoms with Gasteiger partial charge in [-0.3, -0.25) is 14.5 Å². The Morgan fingerprint density at radius 3 is 2.62 bits per heavy atom. The van der Waals surface area contributed by atoms with E-state index in [1.807, 2.05) is 36.4 Å². The quantitative estimate of drug-likeness (QED) is 0.789. The van der Waals surface area contributed by atoms with Crippen molar-refractivity contribution < 1.29 is 14.3 Å². The number of para-hydroxylation sites is 2. The van der Waals surface area contributed by atoms with Crippen LogP contribution in [-0.2, 0) is 16.1 Å². The monoisotopic (exact) mass is 413 g/mol. The van der Waals surface area contributed by atoms with Gasteiger partial charge in [0.05, 0.1) is 12.1 Å². The number of rotatable bonds is 5. The Morgan fingerprint density at radius 1 is 1.14 bits per heavy atom. The second-order valence-electron chi connectivity index (χ2n) is 7.54. The van der Waals surface area contributed by atoms with E-state index in [0.29, 0.717) is 11.4 Å². The third kappa shape index (κ3) is 5.08. The van der Waals surface area contributed by atoms with Gasteiger partial charge < -0.3 is 15.4 Å². The zero-order valence-electron chi connectivity index (χ0n) is 16.1. The number of benzene rings is 2. The molecule has 0 aliphatic carbocycles. The fourth-order valence-corrected chi connectivity index (χ4v) is 3.89. The maximum Gasteiger partial charge on any atom is 0.266 e. The summed E-state index contributed by atoms with van der Waals surface area (Å²) in [5, 5.41) is 6.60. The van der Waals surface area contributed by atoms with Crippen molar-refractivity contribution in [2.45, 2.75) is 38.0 Å². The lowest BCUT2D eigenvalue weighted by molar-refractivity contribution is -0.131. The number of anilines is 1.